The largest absolute Gasteiger partial charge is 0.324 e. The van der Waals surface area contributed by atoms with Crippen LogP contribution in [0.1, 0.15) is 54.0 Å². The molecule has 1 heteroatoms. The van der Waals surface area contributed by atoms with Gasteiger partial charge in [-0.25, -0.2) is 0 Å². The summed E-state index contributed by atoms with van der Waals surface area (Å²) in [5.41, 5.74) is 12.3. The highest BCUT2D eigenvalue weighted by molar-refractivity contribution is 5.42. The second-order valence-corrected chi connectivity index (χ2v) is 5.03. The van der Waals surface area contributed by atoms with Gasteiger partial charge in [0.1, 0.15) is 0 Å². The fourth-order valence-electron chi connectivity index (χ4n) is 3.09. The van der Waals surface area contributed by atoms with Gasteiger partial charge in [0, 0.05) is 6.04 Å². The Morgan fingerprint density at radius 1 is 0.867 bits per heavy atom. The maximum absolute atomic E-state index is 6.18. The monoisotopic (exact) mass is 201 g/mol. The number of rotatable bonds is 0. The van der Waals surface area contributed by atoms with Gasteiger partial charge in [-0.3, -0.25) is 0 Å². The zero-order chi connectivity index (χ0) is 10.3. The first kappa shape index (κ1) is 9.41. The molecule has 0 radical (unpaired) electrons. The van der Waals surface area contributed by atoms with E-state index in [-0.39, 0.29) is 0 Å². The van der Waals surface area contributed by atoms with Crippen molar-refractivity contribution in [2.24, 2.45) is 5.73 Å². The van der Waals surface area contributed by atoms with Gasteiger partial charge in [0.15, 0.2) is 0 Å². The molecule has 0 saturated heterocycles. The maximum Gasteiger partial charge on any atom is 0.0297 e. The van der Waals surface area contributed by atoms with Crippen molar-refractivity contribution in [3.8, 4) is 0 Å². The van der Waals surface area contributed by atoms with Crippen LogP contribution >= 0.6 is 0 Å². The Hall–Kier alpha value is -0.820. The minimum absolute atomic E-state index is 0.306. The topological polar surface area (TPSA) is 26.0 Å². The van der Waals surface area contributed by atoms with Crippen LogP contribution < -0.4 is 5.73 Å². The van der Waals surface area contributed by atoms with E-state index in [1.807, 2.05) is 0 Å². The van der Waals surface area contributed by atoms with E-state index in [9.17, 15) is 0 Å². The molecule has 3 rings (SSSR count). The number of aryl methyl sites for hydroxylation is 3. The molecule has 0 saturated carbocycles. The molecule has 1 aromatic rings. The third-order valence-electron chi connectivity index (χ3n) is 3.96. The van der Waals surface area contributed by atoms with Crippen molar-refractivity contribution in [1.29, 1.82) is 0 Å². The Bertz CT molecular complexity index is 381. The first-order chi connectivity index (χ1) is 7.34. The molecule has 1 atom stereocenters. The second-order valence-electron chi connectivity index (χ2n) is 5.03. The first-order valence-electron chi connectivity index (χ1n) is 6.25. The average molecular weight is 201 g/mol. The van der Waals surface area contributed by atoms with Gasteiger partial charge < -0.3 is 5.73 Å². The molecule has 0 amide bonds. The Kier molecular flexibility index (Phi) is 2.28. The lowest BCUT2D eigenvalue weighted by Crippen LogP contribution is -2.19. The van der Waals surface area contributed by atoms with E-state index >= 15 is 0 Å². The highest BCUT2D eigenvalue weighted by Gasteiger charge is 2.20. The van der Waals surface area contributed by atoms with Crippen molar-refractivity contribution in [2.75, 3.05) is 0 Å². The molecule has 1 nitrogen and oxygen atoms in total. The summed E-state index contributed by atoms with van der Waals surface area (Å²) < 4.78 is 0. The van der Waals surface area contributed by atoms with Crippen LogP contribution in [0.15, 0.2) is 12.1 Å². The highest BCUT2D eigenvalue weighted by atomic mass is 14.6. The summed E-state index contributed by atoms with van der Waals surface area (Å²) in [5, 5.41) is 0. The molecular formula is C14H19N. The molecule has 80 valence electrons. The van der Waals surface area contributed by atoms with Crippen molar-refractivity contribution >= 4 is 0 Å². The van der Waals surface area contributed by atoms with Gasteiger partial charge in [0.05, 0.1) is 0 Å². The molecule has 2 aliphatic rings. The van der Waals surface area contributed by atoms with Crippen LogP contribution in [0.25, 0.3) is 0 Å². The summed E-state index contributed by atoms with van der Waals surface area (Å²) in [4.78, 5) is 0. The van der Waals surface area contributed by atoms with Gasteiger partial charge in [0.2, 0.25) is 0 Å². The smallest absolute Gasteiger partial charge is 0.0297 e. The minimum Gasteiger partial charge on any atom is -0.324 e. The van der Waals surface area contributed by atoms with Gasteiger partial charge >= 0.3 is 0 Å². The van der Waals surface area contributed by atoms with Crippen molar-refractivity contribution in [1.82, 2.24) is 0 Å². The standard InChI is InChI=1S/C14H19N/c15-14-7-3-6-12-8-10-4-1-2-5-11(10)9-13(12)14/h8-9,14H,1-7,15H2/t14-/m0/s1. The normalized spacial score (nSPS) is 24.5. The fraction of sp³-hybridized carbons (Fsp3) is 0.571. The average Bonchev–Trinajstić information content (AvgIpc) is 2.27. The minimum atomic E-state index is 0.306. The van der Waals surface area contributed by atoms with Crippen LogP contribution in [0.2, 0.25) is 0 Å². The molecule has 0 fully saturated rings. The Labute approximate surface area is 91.7 Å². The van der Waals surface area contributed by atoms with Crippen molar-refractivity contribution in [2.45, 2.75) is 51.0 Å². The summed E-state index contributed by atoms with van der Waals surface area (Å²) in [7, 11) is 0. The number of hydrogen-bond donors (Lipinski definition) is 1. The lowest BCUT2D eigenvalue weighted by Gasteiger charge is -2.26. The number of fused-ring (bicyclic) bond motifs is 2. The summed E-state index contributed by atoms with van der Waals surface area (Å²) in [6.45, 7) is 0. The molecule has 2 aliphatic carbocycles. The predicted octanol–water partition coefficient (Wildman–Crippen LogP) is 2.90. The maximum atomic E-state index is 6.18. The zero-order valence-corrected chi connectivity index (χ0v) is 9.26. The molecule has 1 aromatic carbocycles. The number of nitrogens with two attached hydrogens (primary N) is 1. The molecule has 0 heterocycles. The van der Waals surface area contributed by atoms with Crippen molar-refractivity contribution < 1.29 is 0 Å². The summed E-state index contributed by atoms with van der Waals surface area (Å²) in [5.74, 6) is 0. The van der Waals surface area contributed by atoms with E-state index in [4.69, 9.17) is 5.73 Å². The van der Waals surface area contributed by atoms with E-state index in [0.29, 0.717) is 6.04 Å². The highest BCUT2D eigenvalue weighted by Crippen LogP contribution is 2.32. The predicted molar refractivity (Wildman–Crippen MR) is 63.0 cm³/mol. The molecule has 0 spiro atoms. The first-order valence-corrected chi connectivity index (χ1v) is 6.25. The third-order valence-corrected chi connectivity index (χ3v) is 3.96. The van der Waals surface area contributed by atoms with E-state index in [1.165, 1.54) is 56.1 Å². The van der Waals surface area contributed by atoms with Crippen LogP contribution in [0.4, 0.5) is 0 Å². The Morgan fingerprint density at radius 2 is 1.53 bits per heavy atom. The van der Waals surface area contributed by atoms with Gasteiger partial charge in [-0.1, -0.05) is 12.1 Å². The van der Waals surface area contributed by atoms with Crippen LogP contribution in [-0.2, 0) is 19.3 Å². The summed E-state index contributed by atoms with van der Waals surface area (Å²) in [6.07, 6.45) is 8.99. The molecule has 0 aromatic heterocycles. The van der Waals surface area contributed by atoms with Crippen LogP contribution in [-0.4, -0.2) is 0 Å². The second kappa shape index (κ2) is 3.64. The van der Waals surface area contributed by atoms with E-state index in [1.54, 1.807) is 11.1 Å². The SMILES string of the molecule is N[C@H]1CCCc2cc3c(cc21)CCCC3. The van der Waals surface area contributed by atoms with Gasteiger partial charge in [-0.15, -0.1) is 0 Å². The Morgan fingerprint density at radius 3 is 2.33 bits per heavy atom. The molecule has 0 unspecified atom stereocenters. The molecular weight excluding hydrogens is 182 g/mol. The van der Waals surface area contributed by atoms with E-state index < -0.39 is 0 Å². The molecule has 2 N–H and O–H groups in total. The molecule has 0 aliphatic heterocycles. The third kappa shape index (κ3) is 1.59. The Balaban J connectivity index is 2.08. The summed E-state index contributed by atoms with van der Waals surface area (Å²) >= 11 is 0. The fourth-order valence-corrected chi connectivity index (χ4v) is 3.09. The van der Waals surface area contributed by atoms with Crippen LogP contribution in [0.3, 0.4) is 0 Å². The van der Waals surface area contributed by atoms with Gasteiger partial charge in [-0.2, -0.15) is 0 Å². The van der Waals surface area contributed by atoms with Crippen LogP contribution in [0.5, 0.6) is 0 Å². The number of hydrogen-bond acceptors (Lipinski definition) is 1. The molecule has 15 heavy (non-hydrogen) atoms. The quantitative estimate of drug-likeness (QED) is 0.686. The zero-order valence-electron chi connectivity index (χ0n) is 9.26. The van der Waals surface area contributed by atoms with E-state index in [0.717, 1.165) is 0 Å². The lowest BCUT2D eigenvalue weighted by molar-refractivity contribution is 0.565. The molecule has 0 bridgehead atoms. The van der Waals surface area contributed by atoms with E-state index in [2.05, 4.69) is 12.1 Å². The van der Waals surface area contributed by atoms with Crippen LogP contribution in [0, 0.1) is 0 Å². The van der Waals surface area contributed by atoms with Crippen molar-refractivity contribution in [3.63, 3.8) is 0 Å². The van der Waals surface area contributed by atoms with Gasteiger partial charge in [0.25, 0.3) is 0 Å². The lowest BCUT2D eigenvalue weighted by atomic mass is 9.81. The number of benzene rings is 1. The van der Waals surface area contributed by atoms with Gasteiger partial charge in [-0.05, 0) is 67.2 Å². The summed E-state index contributed by atoms with van der Waals surface area (Å²) in [6, 6.07) is 5.16. The van der Waals surface area contributed by atoms with Crippen molar-refractivity contribution in [3.05, 3.63) is 34.4 Å².